The van der Waals surface area contributed by atoms with Crippen molar-refractivity contribution in [2.45, 2.75) is 52.0 Å². The molecule has 0 heterocycles. The quantitative estimate of drug-likeness (QED) is 0.537. The molecule has 2 heteroatoms. The molecule has 14 heavy (non-hydrogen) atoms. The number of rotatable bonds is 3. The molecule has 0 aliphatic heterocycles. The van der Waals surface area contributed by atoms with Crippen LogP contribution in [-0.2, 0) is 0 Å². The first-order valence-electron chi connectivity index (χ1n) is 6.18. The van der Waals surface area contributed by atoms with Gasteiger partial charge in [-0.2, -0.15) is 0 Å². The van der Waals surface area contributed by atoms with Gasteiger partial charge in [-0.25, -0.2) is 0 Å². The third-order valence-corrected chi connectivity index (χ3v) is 4.47. The third kappa shape index (κ3) is 2.12. The number of hydrogen-bond acceptors (Lipinski definition) is 2. The topological polar surface area (TPSA) is 38.0 Å². The van der Waals surface area contributed by atoms with Crippen molar-refractivity contribution in [3.8, 4) is 0 Å². The van der Waals surface area contributed by atoms with Crippen LogP contribution in [-0.4, -0.2) is 6.04 Å². The summed E-state index contributed by atoms with van der Waals surface area (Å²) in [5.74, 6) is 9.23. The Morgan fingerprint density at radius 1 is 1.00 bits per heavy atom. The third-order valence-electron chi connectivity index (χ3n) is 4.47. The van der Waals surface area contributed by atoms with E-state index in [-0.39, 0.29) is 0 Å². The van der Waals surface area contributed by atoms with Crippen LogP contribution in [0.25, 0.3) is 0 Å². The Morgan fingerprint density at radius 3 is 2.14 bits per heavy atom. The van der Waals surface area contributed by atoms with E-state index >= 15 is 0 Å². The van der Waals surface area contributed by atoms with Crippen molar-refractivity contribution in [1.82, 2.24) is 5.43 Å². The molecule has 82 valence electrons. The van der Waals surface area contributed by atoms with Gasteiger partial charge in [0.1, 0.15) is 0 Å². The Balaban J connectivity index is 1.90. The van der Waals surface area contributed by atoms with Gasteiger partial charge in [-0.1, -0.05) is 20.3 Å². The fraction of sp³-hybridized carbons (Fsp3) is 1.00. The van der Waals surface area contributed by atoms with Crippen LogP contribution < -0.4 is 11.3 Å². The van der Waals surface area contributed by atoms with Gasteiger partial charge in [-0.15, -0.1) is 0 Å². The first kappa shape index (κ1) is 10.4. The lowest BCUT2D eigenvalue weighted by molar-refractivity contribution is 0.161. The number of hydrazine groups is 1. The molecular weight excluding hydrogens is 172 g/mol. The molecule has 2 rings (SSSR count). The van der Waals surface area contributed by atoms with Crippen LogP contribution in [0.3, 0.4) is 0 Å². The van der Waals surface area contributed by atoms with E-state index in [0.29, 0.717) is 6.04 Å². The molecule has 4 atom stereocenters. The van der Waals surface area contributed by atoms with Gasteiger partial charge in [0.2, 0.25) is 0 Å². The highest BCUT2D eigenvalue weighted by Gasteiger charge is 2.38. The Hall–Kier alpha value is -0.0800. The molecule has 2 aliphatic carbocycles. The van der Waals surface area contributed by atoms with Gasteiger partial charge >= 0.3 is 0 Å². The summed E-state index contributed by atoms with van der Waals surface area (Å²) < 4.78 is 0. The van der Waals surface area contributed by atoms with Crippen LogP contribution in [0.1, 0.15) is 46.0 Å². The van der Waals surface area contributed by atoms with E-state index in [1.165, 1.54) is 32.1 Å². The molecule has 0 spiro atoms. The largest absolute Gasteiger partial charge is 0.271 e. The van der Waals surface area contributed by atoms with Crippen LogP contribution in [0.4, 0.5) is 0 Å². The highest BCUT2D eigenvalue weighted by Crippen LogP contribution is 2.42. The van der Waals surface area contributed by atoms with Gasteiger partial charge < -0.3 is 0 Å². The van der Waals surface area contributed by atoms with Gasteiger partial charge in [-0.05, 0) is 49.4 Å². The minimum absolute atomic E-state index is 0.616. The first-order chi connectivity index (χ1) is 6.72. The lowest BCUT2D eigenvalue weighted by atomic mass is 9.72. The van der Waals surface area contributed by atoms with Crippen molar-refractivity contribution in [2.24, 2.45) is 29.5 Å². The van der Waals surface area contributed by atoms with Gasteiger partial charge in [0.15, 0.2) is 0 Å². The zero-order valence-corrected chi connectivity index (χ0v) is 9.50. The van der Waals surface area contributed by atoms with Gasteiger partial charge in [0.25, 0.3) is 0 Å². The molecule has 2 fully saturated rings. The maximum absolute atomic E-state index is 5.67. The van der Waals surface area contributed by atoms with E-state index in [9.17, 15) is 0 Å². The normalized spacial score (nSPS) is 40.9. The van der Waals surface area contributed by atoms with Crippen molar-refractivity contribution in [1.29, 1.82) is 0 Å². The molecule has 2 saturated carbocycles. The van der Waals surface area contributed by atoms with Crippen LogP contribution in [0.2, 0.25) is 0 Å². The average molecular weight is 196 g/mol. The molecule has 3 N–H and O–H groups in total. The zero-order valence-electron chi connectivity index (χ0n) is 9.50. The fourth-order valence-corrected chi connectivity index (χ4v) is 3.03. The second-order valence-corrected chi connectivity index (χ2v) is 5.56. The number of nitrogens with two attached hydrogens (primary N) is 1. The highest BCUT2D eigenvalue weighted by atomic mass is 15.2. The monoisotopic (exact) mass is 196 g/mol. The second kappa shape index (κ2) is 4.19. The maximum Gasteiger partial charge on any atom is 0.0267 e. The van der Waals surface area contributed by atoms with Crippen molar-refractivity contribution in [3.63, 3.8) is 0 Å². The predicted octanol–water partition coefficient (Wildman–Crippen LogP) is 2.30. The summed E-state index contributed by atoms with van der Waals surface area (Å²) in [6, 6.07) is 0.616. The summed E-state index contributed by atoms with van der Waals surface area (Å²) in [5.41, 5.74) is 3.07. The molecule has 0 aromatic carbocycles. The molecular formula is C12H24N2. The van der Waals surface area contributed by atoms with E-state index in [2.05, 4.69) is 19.3 Å². The zero-order chi connectivity index (χ0) is 10.1. The molecule has 0 saturated heterocycles. The molecule has 0 radical (unpaired) electrons. The van der Waals surface area contributed by atoms with Gasteiger partial charge in [0.05, 0.1) is 0 Å². The fourth-order valence-electron chi connectivity index (χ4n) is 3.03. The molecule has 2 aliphatic rings. The van der Waals surface area contributed by atoms with E-state index in [1.54, 1.807) is 0 Å². The minimum Gasteiger partial charge on any atom is -0.271 e. The lowest BCUT2D eigenvalue weighted by Crippen LogP contribution is -2.44. The molecule has 0 bridgehead atoms. The lowest BCUT2D eigenvalue weighted by Gasteiger charge is -2.36. The van der Waals surface area contributed by atoms with Crippen LogP contribution in [0.15, 0.2) is 0 Å². The van der Waals surface area contributed by atoms with Crippen molar-refractivity contribution >= 4 is 0 Å². The average Bonchev–Trinajstić information content (AvgIpc) is 2.96. The van der Waals surface area contributed by atoms with E-state index in [1.807, 2.05) is 0 Å². The molecule has 0 aromatic heterocycles. The Morgan fingerprint density at radius 2 is 1.64 bits per heavy atom. The molecule has 0 aromatic rings. The highest BCUT2D eigenvalue weighted by molar-refractivity contribution is 4.92. The van der Waals surface area contributed by atoms with E-state index in [4.69, 9.17) is 5.84 Å². The summed E-state index contributed by atoms with van der Waals surface area (Å²) in [5, 5.41) is 0. The maximum atomic E-state index is 5.67. The summed E-state index contributed by atoms with van der Waals surface area (Å²) in [4.78, 5) is 0. The van der Waals surface area contributed by atoms with Crippen molar-refractivity contribution in [2.75, 3.05) is 0 Å². The summed E-state index contributed by atoms with van der Waals surface area (Å²) in [6.45, 7) is 4.79. The molecule has 0 amide bonds. The van der Waals surface area contributed by atoms with Crippen LogP contribution in [0, 0.1) is 23.7 Å². The standard InChI is InChI=1S/C12H24N2/c1-8-3-4-11(7-9(8)2)12(14-13)10-5-6-10/h8-12,14H,3-7,13H2,1-2H3. The summed E-state index contributed by atoms with van der Waals surface area (Å²) >= 11 is 0. The SMILES string of the molecule is CC1CCC(C(NN)C2CC2)CC1C. The van der Waals surface area contributed by atoms with E-state index in [0.717, 1.165) is 23.7 Å². The van der Waals surface area contributed by atoms with Crippen LogP contribution in [0.5, 0.6) is 0 Å². The Labute approximate surface area is 87.6 Å². The van der Waals surface area contributed by atoms with Gasteiger partial charge in [0, 0.05) is 6.04 Å². The summed E-state index contributed by atoms with van der Waals surface area (Å²) in [7, 11) is 0. The van der Waals surface area contributed by atoms with E-state index < -0.39 is 0 Å². The smallest absolute Gasteiger partial charge is 0.0267 e. The minimum atomic E-state index is 0.616. The predicted molar refractivity (Wildman–Crippen MR) is 59.5 cm³/mol. The summed E-state index contributed by atoms with van der Waals surface area (Å²) in [6.07, 6.45) is 6.96. The number of hydrogen-bond donors (Lipinski definition) is 2. The van der Waals surface area contributed by atoms with Gasteiger partial charge in [-0.3, -0.25) is 11.3 Å². The number of nitrogens with one attached hydrogen (secondary N) is 1. The van der Waals surface area contributed by atoms with Crippen molar-refractivity contribution in [3.05, 3.63) is 0 Å². The first-order valence-corrected chi connectivity index (χ1v) is 6.18. The Bertz CT molecular complexity index is 189. The van der Waals surface area contributed by atoms with Crippen LogP contribution >= 0.6 is 0 Å². The second-order valence-electron chi connectivity index (χ2n) is 5.56. The van der Waals surface area contributed by atoms with Crippen molar-refractivity contribution < 1.29 is 0 Å². The Kier molecular flexibility index (Phi) is 3.13. The molecule has 4 unspecified atom stereocenters. The molecule has 2 nitrogen and oxygen atoms in total.